The lowest BCUT2D eigenvalue weighted by Gasteiger charge is -2.00. The fourth-order valence-electron chi connectivity index (χ4n) is 0.792. The van der Waals surface area contributed by atoms with Crippen LogP contribution in [0.4, 0.5) is 0 Å². The van der Waals surface area contributed by atoms with E-state index in [4.69, 9.17) is 4.74 Å². The molecule has 2 heteroatoms. The first-order chi connectivity index (χ1) is 5.93. The summed E-state index contributed by atoms with van der Waals surface area (Å²) in [6.45, 7) is 0.635. The van der Waals surface area contributed by atoms with E-state index in [0.29, 0.717) is 6.61 Å². The molecule has 0 radical (unpaired) electrons. The Morgan fingerprint density at radius 3 is 2.58 bits per heavy atom. The molecule has 1 aromatic carbocycles. The average molecular weight is 227 g/mol. The van der Waals surface area contributed by atoms with Crippen LogP contribution < -0.4 is 4.74 Å². The van der Waals surface area contributed by atoms with Crippen molar-refractivity contribution in [1.82, 2.24) is 0 Å². The predicted octanol–water partition coefficient (Wildman–Crippen LogP) is 3.02. The Balaban J connectivity index is 2.29. The van der Waals surface area contributed by atoms with Crippen molar-refractivity contribution in [1.29, 1.82) is 0 Å². The summed E-state index contributed by atoms with van der Waals surface area (Å²) in [4.78, 5) is 0. The van der Waals surface area contributed by atoms with Gasteiger partial charge in [0.05, 0.1) is 0 Å². The molecule has 1 rings (SSSR count). The molecule has 0 N–H and O–H groups in total. The predicted molar refractivity (Wildman–Crippen MR) is 54.9 cm³/mol. The first kappa shape index (κ1) is 9.33. The first-order valence-electron chi connectivity index (χ1n) is 3.82. The van der Waals surface area contributed by atoms with E-state index in [1.165, 1.54) is 0 Å². The van der Waals surface area contributed by atoms with Crippen LogP contribution in [-0.2, 0) is 0 Å². The summed E-state index contributed by atoms with van der Waals surface area (Å²) in [6.07, 6.45) is 4.00. The Morgan fingerprint density at radius 1 is 1.17 bits per heavy atom. The molecule has 1 nitrogen and oxygen atoms in total. The van der Waals surface area contributed by atoms with E-state index in [1.807, 2.05) is 42.5 Å². The van der Waals surface area contributed by atoms with Gasteiger partial charge in [-0.2, -0.15) is 0 Å². The summed E-state index contributed by atoms with van der Waals surface area (Å²) in [5, 5.41) is 0.880. The lowest BCUT2D eigenvalue weighted by atomic mass is 10.3. The van der Waals surface area contributed by atoms with Crippen molar-refractivity contribution >= 4 is 15.9 Å². The normalized spacial score (nSPS) is 10.4. The van der Waals surface area contributed by atoms with E-state index in [9.17, 15) is 0 Å². The van der Waals surface area contributed by atoms with Crippen molar-refractivity contribution in [2.45, 2.75) is 0 Å². The summed E-state index contributed by atoms with van der Waals surface area (Å²) >= 11 is 3.29. The van der Waals surface area contributed by atoms with Gasteiger partial charge in [-0.05, 0) is 12.1 Å². The second-order valence-corrected chi connectivity index (χ2v) is 2.90. The van der Waals surface area contributed by atoms with Crippen LogP contribution in [0.25, 0.3) is 0 Å². The quantitative estimate of drug-likeness (QED) is 0.567. The summed E-state index contributed by atoms with van der Waals surface area (Å²) in [7, 11) is 0. The van der Waals surface area contributed by atoms with Crippen LogP contribution in [0.15, 0.2) is 42.5 Å². The molecule has 0 unspecified atom stereocenters. The fraction of sp³-hybridized carbons (Fsp3) is 0.200. The van der Waals surface area contributed by atoms with Crippen molar-refractivity contribution < 1.29 is 4.74 Å². The van der Waals surface area contributed by atoms with E-state index in [-0.39, 0.29) is 0 Å². The maximum Gasteiger partial charge on any atom is 0.119 e. The second-order valence-electron chi connectivity index (χ2n) is 2.25. The molecule has 12 heavy (non-hydrogen) atoms. The van der Waals surface area contributed by atoms with E-state index in [1.54, 1.807) is 0 Å². The number of halogens is 1. The number of ether oxygens (including phenoxy) is 1. The molecule has 0 saturated heterocycles. The average Bonchev–Trinajstić information content (AvgIpc) is 2.14. The third-order valence-electron chi connectivity index (χ3n) is 1.35. The number of alkyl halides is 1. The summed E-state index contributed by atoms with van der Waals surface area (Å²) in [5.41, 5.74) is 0. The Bertz CT molecular complexity index is 231. The minimum absolute atomic E-state index is 0.635. The molecule has 0 amide bonds. The standard InChI is InChI=1S/C10H11BrO/c11-8-4-5-9-12-10-6-2-1-3-7-10/h1-7H,8-9H2/b5-4+. The zero-order chi connectivity index (χ0) is 8.65. The largest absolute Gasteiger partial charge is 0.490 e. The van der Waals surface area contributed by atoms with Gasteiger partial charge in [0.1, 0.15) is 12.4 Å². The third kappa shape index (κ3) is 3.58. The van der Waals surface area contributed by atoms with Gasteiger partial charge >= 0.3 is 0 Å². The van der Waals surface area contributed by atoms with E-state index in [0.717, 1.165) is 11.1 Å². The zero-order valence-electron chi connectivity index (χ0n) is 6.74. The molecule has 0 heterocycles. The number of benzene rings is 1. The molecule has 0 bridgehead atoms. The Morgan fingerprint density at radius 2 is 1.92 bits per heavy atom. The van der Waals surface area contributed by atoms with Crippen molar-refractivity contribution in [2.75, 3.05) is 11.9 Å². The highest BCUT2D eigenvalue weighted by Gasteiger charge is 1.86. The van der Waals surface area contributed by atoms with Crippen LogP contribution in [0, 0.1) is 0 Å². The molecule has 0 aromatic heterocycles. The molecule has 0 saturated carbocycles. The molecule has 0 fully saturated rings. The number of allylic oxidation sites excluding steroid dienone is 1. The molecular weight excluding hydrogens is 216 g/mol. The lowest BCUT2D eigenvalue weighted by Crippen LogP contribution is -1.92. The van der Waals surface area contributed by atoms with Crippen molar-refractivity contribution in [2.24, 2.45) is 0 Å². The van der Waals surface area contributed by atoms with Crippen molar-refractivity contribution in [3.05, 3.63) is 42.5 Å². The molecule has 0 atom stereocenters. The lowest BCUT2D eigenvalue weighted by molar-refractivity contribution is 0.363. The highest BCUT2D eigenvalue weighted by atomic mass is 79.9. The van der Waals surface area contributed by atoms with Gasteiger partial charge in [0.25, 0.3) is 0 Å². The fourth-order valence-corrected chi connectivity index (χ4v) is 1.06. The van der Waals surface area contributed by atoms with E-state index in [2.05, 4.69) is 15.9 Å². The minimum Gasteiger partial charge on any atom is -0.490 e. The smallest absolute Gasteiger partial charge is 0.119 e. The van der Waals surface area contributed by atoms with Gasteiger partial charge in [0, 0.05) is 5.33 Å². The van der Waals surface area contributed by atoms with Gasteiger partial charge in [0.15, 0.2) is 0 Å². The van der Waals surface area contributed by atoms with Crippen LogP contribution >= 0.6 is 15.9 Å². The highest BCUT2D eigenvalue weighted by molar-refractivity contribution is 9.09. The van der Waals surface area contributed by atoms with Crippen LogP contribution in [0.2, 0.25) is 0 Å². The van der Waals surface area contributed by atoms with Gasteiger partial charge in [-0.15, -0.1) is 0 Å². The third-order valence-corrected chi connectivity index (χ3v) is 1.72. The molecule has 1 aromatic rings. The topological polar surface area (TPSA) is 9.23 Å². The van der Waals surface area contributed by atoms with Crippen LogP contribution in [0.1, 0.15) is 0 Å². The summed E-state index contributed by atoms with van der Waals surface area (Å²) in [6, 6.07) is 9.79. The molecular formula is C10H11BrO. The van der Waals surface area contributed by atoms with Crippen LogP contribution in [-0.4, -0.2) is 11.9 Å². The summed E-state index contributed by atoms with van der Waals surface area (Å²) < 4.78 is 5.40. The van der Waals surface area contributed by atoms with Gasteiger partial charge in [-0.25, -0.2) is 0 Å². The molecule has 0 aliphatic rings. The molecule has 0 spiro atoms. The maximum atomic E-state index is 5.40. The first-order valence-corrected chi connectivity index (χ1v) is 4.94. The number of hydrogen-bond donors (Lipinski definition) is 0. The number of rotatable bonds is 4. The van der Waals surface area contributed by atoms with Gasteiger partial charge < -0.3 is 4.74 Å². The second kappa shape index (κ2) is 5.84. The number of hydrogen-bond acceptors (Lipinski definition) is 1. The number of para-hydroxylation sites is 1. The molecule has 0 aliphatic carbocycles. The van der Waals surface area contributed by atoms with Crippen molar-refractivity contribution in [3.63, 3.8) is 0 Å². The SMILES string of the molecule is BrC/C=C/COc1ccccc1. The van der Waals surface area contributed by atoms with E-state index >= 15 is 0 Å². The Hall–Kier alpha value is -0.760. The van der Waals surface area contributed by atoms with Crippen LogP contribution in [0.5, 0.6) is 5.75 Å². The zero-order valence-corrected chi connectivity index (χ0v) is 8.33. The molecule has 0 aliphatic heterocycles. The minimum atomic E-state index is 0.635. The van der Waals surface area contributed by atoms with Gasteiger partial charge in [-0.1, -0.05) is 46.3 Å². The van der Waals surface area contributed by atoms with Gasteiger partial charge in [-0.3, -0.25) is 0 Å². The maximum absolute atomic E-state index is 5.40. The Kier molecular flexibility index (Phi) is 4.54. The monoisotopic (exact) mass is 226 g/mol. The van der Waals surface area contributed by atoms with E-state index < -0.39 is 0 Å². The highest BCUT2D eigenvalue weighted by Crippen LogP contribution is 2.07. The van der Waals surface area contributed by atoms with Gasteiger partial charge in [0.2, 0.25) is 0 Å². The Labute approximate surface area is 81.2 Å². The molecule has 64 valence electrons. The summed E-state index contributed by atoms with van der Waals surface area (Å²) in [5.74, 6) is 0.914. The van der Waals surface area contributed by atoms with Crippen LogP contribution in [0.3, 0.4) is 0 Å². The van der Waals surface area contributed by atoms with Crippen molar-refractivity contribution in [3.8, 4) is 5.75 Å².